The third-order valence-electron chi connectivity index (χ3n) is 5.87. The summed E-state index contributed by atoms with van der Waals surface area (Å²) in [6.07, 6.45) is 2.55. The van der Waals surface area contributed by atoms with Gasteiger partial charge in [-0.15, -0.1) is 0 Å². The van der Waals surface area contributed by atoms with Crippen LogP contribution in [0, 0.1) is 13.8 Å². The van der Waals surface area contributed by atoms with Crippen LogP contribution in [0.1, 0.15) is 23.4 Å². The zero-order valence-corrected chi connectivity index (χ0v) is 19.2. The minimum absolute atomic E-state index is 0.0353. The number of oxazole rings is 1. The molecule has 0 saturated carbocycles. The summed E-state index contributed by atoms with van der Waals surface area (Å²) in [5.41, 5.74) is 4.13. The maximum Gasteiger partial charge on any atom is 0.238 e. The molecule has 0 bridgehead atoms. The summed E-state index contributed by atoms with van der Waals surface area (Å²) in [6.45, 7) is 7.00. The highest BCUT2D eigenvalue weighted by atomic mass is 16.4. The summed E-state index contributed by atoms with van der Waals surface area (Å²) in [5.74, 6) is 1.35. The van der Waals surface area contributed by atoms with Gasteiger partial charge in [-0.2, -0.15) is 0 Å². The summed E-state index contributed by atoms with van der Waals surface area (Å²) >= 11 is 0. The second kappa shape index (κ2) is 10.4. The first-order valence-corrected chi connectivity index (χ1v) is 11.3. The summed E-state index contributed by atoms with van der Waals surface area (Å²) in [6, 6.07) is 15.8. The Bertz CT molecular complexity index is 1080. The molecule has 2 amide bonds. The number of hydrogen-bond acceptors (Lipinski definition) is 5. The minimum Gasteiger partial charge on any atom is -0.441 e. The van der Waals surface area contributed by atoms with Crippen molar-refractivity contribution in [3.8, 4) is 11.3 Å². The predicted octanol–water partition coefficient (Wildman–Crippen LogP) is 3.67. The Morgan fingerprint density at radius 3 is 2.24 bits per heavy atom. The minimum atomic E-state index is -0.0353. The molecule has 3 aromatic rings. The highest BCUT2D eigenvalue weighted by Crippen LogP contribution is 2.21. The Labute approximate surface area is 194 Å². The molecule has 33 heavy (non-hydrogen) atoms. The lowest BCUT2D eigenvalue weighted by Crippen LogP contribution is -2.50. The number of piperazine rings is 1. The Morgan fingerprint density at radius 1 is 0.939 bits per heavy atom. The molecular formula is C26H30N4O3. The van der Waals surface area contributed by atoms with Gasteiger partial charge in [0.2, 0.25) is 11.8 Å². The molecule has 2 aromatic carbocycles. The van der Waals surface area contributed by atoms with Gasteiger partial charge in [0, 0.05) is 50.3 Å². The fourth-order valence-electron chi connectivity index (χ4n) is 3.84. The number of nitrogens with one attached hydrogen (secondary N) is 1. The molecule has 1 aliphatic rings. The lowest BCUT2D eigenvalue weighted by Gasteiger charge is -2.34. The van der Waals surface area contributed by atoms with Gasteiger partial charge in [-0.3, -0.25) is 14.5 Å². The molecular weight excluding hydrogens is 416 g/mol. The number of carbonyl (C=O) groups is 2. The monoisotopic (exact) mass is 446 g/mol. The normalized spacial score (nSPS) is 14.3. The van der Waals surface area contributed by atoms with Crippen molar-refractivity contribution in [3.63, 3.8) is 0 Å². The van der Waals surface area contributed by atoms with E-state index in [-0.39, 0.29) is 11.8 Å². The van der Waals surface area contributed by atoms with E-state index < -0.39 is 0 Å². The summed E-state index contributed by atoms with van der Waals surface area (Å²) < 4.78 is 5.83. The van der Waals surface area contributed by atoms with Crippen molar-refractivity contribution < 1.29 is 14.0 Å². The Hall–Kier alpha value is -3.45. The van der Waals surface area contributed by atoms with E-state index in [1.165, 1.54) is 5.56 Å². The van der Waals surface area contributed by atoms with Gasteiger partial charge in [0.15, 0.2) is 11.7 Å². The van der Waals surface area contributed by atoms with E-state index in [4.69, 9.17) is 4.42 Å². The van der Waals surface area contributed by atoms with Crippen LogP contribution in [-0.4, -0.2) is 59.3 Å². The molecule has 0 aliphatic carbocycles. The molecule has 2 heterocycles. The maximum absolute atomic E-state index is 12.6. The highest BCUT2D eigenvalue weighted by Gasteiger charge is 2.22. The molecule has 1 aromatic heterocycles. The van der Waals surface area contributed by atoms with Crippen LogP contribution in [0.3, 0.4) is 0 Å². The first-order chi connectivity index (χ1) is 16.0. The Kier molecular flexibility index (Phi) is 7.19. The summed E-state index contributed by atoms with van der Waals surface area (Å²) in [7, 11) is 0. The van der Waals surface area contributed by atoms with Crippen LogP contribution in [0.2, 0.25) is 0 Å². The van der Waals surface area contributed by atoms with E-state index in [1.807, 2.05) is 67.3 Å². The summed E-state index contributed by atoms with van der Waals surface area (Å²) in [4.78, 5) is 33.2. The lowest BCUT2D eigenvalue weighted by atomic mass is 10.1. The molecule has 0 unspecified atom stereocenters. The zero-order valence-electron chi connectivity index (χ0n) is 19.2. The fraction of sp³-hybridized carbons (Fsp3) is 0.346. The van der Waals surface area contributed by atoms with Crippen LogP contribution in [0.15, 0.2) is 59.1 Å². The Balaban J connectivity index is 1.19. The van der Waals surface area contributed by atoms with Crippen molar-refractivity contribution in [1.82, 2.24) is 14.8 Å². The molecule has 0 spiro atoms. The molecule has 4 rings (SSSR count). The molecule has 1 aliphatic heterocycles. The number of anilines is 1. The molecule has 0 radical (unpaired) electrons. The third-order valence-corrected chi connectivity index (χ3v) is 5.87. The topological polar surface area (TPSA) is 78.7 Å². The molecule has 7 nitrogen and oxygen atoms in total. The molecule has 1 N–H and O–H groups in total. The number of aromatic nitrogens is 1. The van der Waals surface area contributed by atoms with Gasteiger partial charge in [0.1, 0.15) is 0 Å². The number of rotatable bonds is 7. The van der Waals surface area contributed by atoms with Crippen molar-refractivity contribution >= 4 is 17.5 Å². The van der Waals surface area contributed by atoms with Gasteiger partial charge in [-0.25, -0.2) is 4.98 Å². The van der Waals surface area contributed by atoms with Gasteiger partial charge in [-0.05, 0) is 26.0 Å². The first-order valence-electron chi connectivity index (χ1n) is 11.3. The molecule has 1 fully saturated rings. The smallest absolute Gasteiger partial charge is 0.238 e. The van der Waals surface area contributed by atoms with Crippen molar-refractivity contribution in [2.45, 2.75) is 26.7 Å². The van der Waals surface area contributed by atoms with Crippen LogP contribution < -0.4 is 5.32 Å². The zero-order chi connectivity index (χ0) is 23.2. The molecule has 0 atom stereocenters. The van der Waals surface area contributed by atoms with Crippen LogP contribution in [-0.2, 0) is 16.0 Å². The first kappa shape index (κ1) is 22.7. The molecule has 7 heteroatoms. The van der Waals surface area contributed by atoms with E-state index in [0.717, 1.165) is 22.6 Å². The van der Waals surface area contributed by atoms with Gasteiger partial charge in [0.05, 0.1) is 12.7 Å². The van der Waals surface area contributed by atoms with Gasteiger partial charge in [-0.1, -0.05) is 47.5 Å². The van der Waals surface area contributed by atoms with Crippen molar-refractivity contribution in [3.05, 3.63) is 71.7 Å². The third kappa shape index (κ3) is 6.29. The van der Waals surface area contributed by atoms with E-state index in [0.29, 0.717) is 51.5 Å². The predicted molar refractivity (Wildman–Crippen MR) is 128 cm³/mol. The second-order valence-electron chi connectivity index (χ2n) is 8.56. The fourth-order valence-corrected chi connectivity index (χ4v) is 3.84. The van der Waals surface area contributed by atoms with E-state index in [1.54, 1.807) is 6.20 Å². The van der Waals surface area contributed by atoms with Gasteiger partial charge >= 0.3 is 0 Å². The number of benzene rings is 2. The standard InChI is InChI=1S/C26H30N4O3/c1-19-3-7-21(8-4-19)23-17-27-25(33-23)11-12-26(32)30-15-13-29(14-16-30)18-24(31)28-22-9-5-20(2)6-10-22/h3-10,17H,11-16,18H2,1-2H3,(H,28,31). The molecule has 1 saturated heterocycles. The van der Waals surface area contributed by atoms with Crippen LogP contribution in [0.5, 0.6) is 0 Å². The van der Waals surface area contributed by atoms with Crippen LogP contribution >= 0.6 is 0 Å². The van der Waals surface area contributed by atoms with E-state index >= 15 is 0 Å². The van der Waals surface area contributed by atoms with Crippen molar-refractivity contribution in [2.75, 3.05) is 38.0 Å². The van der Waals surface area contributed by atoms with Gasteiger partial charge in [0.25, 0.3) is 0 Å². The van der Waals surface area contributed by atoms with Crippen LogP contribution in [0.4, 0.5) is 5.69 Å². The lowest BCUT2D eigenvalue weighted by molar-refractivity contribution is -0.133. The number of hydrogen-bond donors (Lipinski definition) is 1. The highest BCUT2D eigenvalue weighted by molar-refractivity contribution is 5.92. The number of nitrogens with zero attached hydrogens (tertiary/aromatic N) is 3. The van der Waals surface area contributed by atoms with Gasteiger partial charge < -0.3 is 14.6 Å². The number of amides is 2. The average Bonchev–Trinajstić information content (AvgIpc) is 3.29. The maximum atomic E-state index is 12.6. The number of aryl methyl sites for hydroxylation is 3. The van der Waals surface area contributed by atoms with Crippen molar-refractivity contribution in [2.24, 2.45) is 0 Å². The average molecular weight is 447 g/mol. The van der Waals surface area contributed by atoms with E-state index in [2.05, 4.69) is 15.2 Å². The van der Waals surface area contributed by atoms with Crippen molar-refractivity contribution in [1.29, 1.82) is 0 Å². The largest absolute Gasteiger partial charge is 0.441 e. The Morgan fingerprint density at radius 2 is 1.58 bits per heavy atom. The SMILES string of the molecule is Cc1ccc(NC(=O)CN2CCN(C(=O)CCc3ncc(-c4ccc(C)cc4)o3)CC2)cc1. The van der Waals surface area contributed by atoms with Crippen LogP contribution in [0.25, 0.3) is 11.3 Å². The summed E-state index contributed by atoms with van der Waals surface area (Å²) in [5, 5.41) is 2.93. The quantitative estimate of drug-likeness (QED) is 0.599. The second-order valence-corrected chi connectivity index (χ2v) is 8.56. The van der Waals surface area contributed by atoms with E-state index in [9.17, 15) is 9.59 Å². The number of carbonyl (C=O) groups excluding carboxylic acids is 2. The molecule has 172 valence electrons.